The van der Waals surface area contributed by atoms with Crippen molar-refractivity contribution in [1.29, 1.82) is 0 Å². The van der Waals surface area contributed by atoms with Gasteiger partial charge in [0.1, 0.15) is 0 Å². The van der Waals surface area contributed by atoms with E-state index in [1.54, 1.807) is 5.57 Å². The Kier molecular flexibility index (Phi) is 2.98. The van der Waals surface area contributed by atoms with Gasteiger partial charge in [-0.2, -0.15) is 0 Å². The van der Waals surface area contributed by atoms with Crippen molar-refractivity contribution in [3.05, 3.63) is 58.7 Å². The van der Waals surface area contributed by atoms with E-state index in [-0.39, 0.29) is 10.8 Å². The molecule has 2 aromatic rings. The van der Waals surface area contributed by atoms with Crippen LogP contribution in [-0.2, 0) is 10.8 Å². The Morgan fingerprint density at radius 3 is 2.68 bits per heavy atom. The highest BCUT2D eigenvalue weighted by atomic mass is 16.1. The van der Waals surface area contributed by atoms with E-state index < -0.39 is 0 Å². The highest BCUT2D eigenvalue weighted by Gasteiger charge is 2.51. The number of Topliss-reactive ketones (excluding diaryl/α,β-unsaturated/α-hetero) is 1. The standard InChI is InChI=1S/C24H26O/c1-23(2,3)20-6-4-5-16-12-21-19(13-18(16)20)22(25)9-10-24(21)14-15-7-8-17(24)11-15/h4-7,12-13,17H,8-11,14H2,1-3H3. The van der Waals surface area contributed by atoms with Gasteiger partial charge >= 0.3 is 0 Å². The first-order chi connectivity index (χ1) is 11.9. The Morgan fingerprint density at radius 2 is 2.00 bits per heavy atom. The Balaban J connectivity index is 1.79. The van der Waals surface area contributed by atoms with Crippen molar-refractivity contribution in [2.45, 2.75) is 63.7 Å². The summed E-state index contributed by atoms with van der Waals surface area (Å²) in [6.45, 7) is 6.77. The van der Waals surface area contributed by atoms with Gasteiger partial charge in [0.25, 0.3) is 0 Å². The van der Waals surface area contributed by atoms with Crippen molar-refractivity contribution in [2.24, 2.45) is 5.92 Å². The highest BCUT2D eigenvalue weighted by molar-refractivity contribution is 6.04. The number of ketones is 1. The number of fused-ring (bicyclic) bond motifs is 6. The second kappa shape index (κ2) is 4.84. The van der Waals surface area contributed by atoms with E-state index in [9.17, 15) is 4.79 Å². The van der Waals surface area contributed by atoms with Crippen LogP contribution in [0.4, 0.5) is 0 Å². The third-order valence-electron chi connectivity index (χ3n) is 6.99. The molecule has 0 heterocycles. The van der Waals surface area contributed by atoms with Gasteiger partial charge in [0.15, 0.2) is 5.78 Å². The third-order valence-corrected chi connectivity index (χ3v) is 6.99. The van der Waals surface area contributed by atoms with Crippen molar-refractivity contribution in [2.75, 3.05) is 0 Å². The molecule has 1 nitrogen and oxygen atoms in total. The molecule has 2 unspecified atom stereocenters. The summed E-state index contributed by atoms with van der Waals surface area (Å²) in [4.78, 5) is 12.8. The molecular formula is C24H26O. The van der Waals surface area contributed by atoms with Crippen LogP contribution in [0.15, 0.2) is 42.0 Å². The smallest absolute Gasteiger partial charge is 0.163 e. The first-order valence-electron chi connectivity index (χ1n) is 9.67. The number of carbonyl (C=O) groups excluding carboxylic acids is 1. The van der Waals surface area contributed by atoms with Gasteiger partial charge in [-0.15, -0.1) is 0 Å². The largest absolute Gasteiger partial charge is 0.294 e. The van der Waals surface area contributed by atoms with E-state index in [2.05, 4.69) is 57.2 Å². The number of benzene rings is 2. The number of hydrogen-bond acceptors (Lipinski definition) is 1. The van der Waals surface area contributed by atoms with Gasteiger partial charge in [0, 0.05) is 17.4 Å². The second-order valence-electron chi connectivity index (χ2n) is 9.43. The lowest BCUT2D eigenvalue weighted by Crippen LogP contribution is -2.37. The number of carbonyl (C=O) groups is 1. The fourth-order valence-corrected chi connectivity index (χ4v) is 5.74. The molecule has 0 amide bonds. The van der Waals surface area contributed by atoms with Crippen molar-refractivity contribution in [3.63, 3.8) is 0 Å². The summed E-state index contributed by atoms with van der Waals surface area (Å²) < 4.78 is 0. The Morgan fingerprint density at radius 1 is 1.16 bits per heavy atom. The van der Waals surface area contributed by atoms with E-state index in [1.165, 1.54) is 41.2 Å². The maximum Gasteiger partial charge on any atom is 0.163 e. The Hall–Kier alpha value is -1.89. The maximum atomic E-state index is 12.8. The summed E-state index contributed by atoms with van der Waals surface area (Å²) >= 11 is 0. The molecule has 1 spiro atoms. The predicted molar refractivity (Wildman–Crippen MR) is 103 cm³/mol. The zero-order chi connectivity index (χ0) is 17.4. The highest BCUT2D eigenvalue weighted by Crippen LogP contribution is 2.59. The lowest BCUT2D eigenvalue weighted by atomic mass is 9.62. The van der Waals surface area contributed by atoms with Crippen molar-refractivity contribution in [3.8, 4) is 0 Å². The van der Waals surface area contributed by atoms with Crippen LogP contribution in [0.25, 0.3) is 10.8 Å². The van der Waals surface area contributed by atoms with Gasteiger partial charge in [0.05, 0.1) is 0 Å². The summed E-state index contributed by atoms with van der Waals surface area (Å²) in [6.07, 6.45) is 7.87. The molecular weight excluding hydrogens is 304 g/mol. The van der Waals surface area contributed by atoms with Crippen molar-refractivity contribution < 1.29 is 4.79 Å². The molecule has 3 aliphatic rings. The first-order valence-corrected chi connectivity index (χ1v) is 9.67. The third kappa shape index (κ3) is 2.05. The summed E-state index contributed by atoms with van der Waals surface area (Å²) in [6, 6.07) is 11.2. The number of allylic oxidation sites excluding steroid dienone is 2. The minimum atomic E-state index is 0.0837. The summed E-state index contributed by atoms with van der Waals surface area (Å²) in [5.41, 5.74) is 5.67. The normalized spacial score (nSPS) is 27.9. The van der Waals surface area contributed by atoms with Crippen LogP contribution in [-0.4, -0.2) is 5.78 Å². The van der Waals surface area contributed by atoms with E-state index in [4.69, 9.17) is 0 Å². The lowest BCUT2D eigenvalue weighted by Gasteiger charge is -2.41. The van der Waals surface area contributed by atoms with Gasteiger partial charge in [-0.1, -0.05) is 50.6 Å². The molecule has 2 bridgehead atoms. The van der Waals surface area contributed by atoms with E-state index in [0.29, 0.717) is 5.78 Å². The van der Waals surface area contributed by atoms with Gasteiger partial charge in [-0.3, -0.25) is 4.79 Å². The summed E-state index contributed by atoms with van der Waals surface area (Å²) in [5, 5.41) is 2.57. The molecule has 1 saturated carbocycles. The predicted octanol–water partition coefficient (Wildman–Crippen LogP) is 6.09. The Labute approximate surface area is 150 Å². The van der Waals surface area contributed by atoms with E-state index in [1.807, 2.05) is 0 Å². The molecule has 0 radical (unpaired) electrons. The quantitative estimate of drug-likeness (QED) is 0.534. The summed E-state index contributed by atoms with van der Waals surface area (Å²) in [5.74, 6) is 1.07. The molecule has 128 valence electrons. The van der Waals surface area contributed by atoms with Gasteiger partial charge in [-0.25, -0.2) is 0 Å². The van der Waals surface area contributed by atoms with Crippen LogP contribution in [0.1, 0.15) is 74.4 Å². The molecule has 5 rings (SSSR count). The van der Waals surface area contributed by atoms with Gasteiger partial charge in [-0.05, 0) is 71.0 Å². The van der Waals surface area contributed by atoms with Gasteiger partial charge in [0.2, 0.25) is 0 Å². The monoisotopic (exact) mass is 330 g/mol. The molecule has 3 aliphatic carbocycles. The average molecular weight is 330 g/mol. The van der Waals surface area contributed by atoms with Crippen molar-refractivity contribution in [1.82, 2.24) is 0 Å². The van der Waals surface area contributed by atoms with Crippen LogP contribution in [0.2, 0.25) is 0 Å². The van der Waals surface area contributed by atoms with Crippen molar-refractivity contribution >= 4 is 16.6 Å². The fraction of sp³-hybridized carbons (Fsp3) is 0.458. The van der Waals surface area contributed by atoms with Crippen LogP contribution in [0.5, 0.6) is 0 Å². The zero-order valence-electron chi connectivity index (χ0n) is 15.5. The lowest BCUT2D eigenvalue weighted by molar-refractivity contribution is 0.0940. The average Bonchev–Trinajstić information content (AvgIpc) is 3.17. The van der Waals surface area contributed by atoms with Crippen LogP contribution < -0.4 is 0 Å². The molecule has 0 N–H and O–H groups in total. The molecule has 2 atom stereocenters. The summed E-state index contributed by atoms with van der Waals surface area (Å²) in [7, 11) is 0. The van der Waals surface area contributed by atoms with Crippen LogP contribution in [0, 0.1) is 5.92 Å². The minimum absolute atomic E-state index is 0.0837. The fourth-order valence-electron chi connectivity index (χ4n) is 5.74. The molecule has 25 heavy (non-hydrogen) atoms. The first kappa shape index (κ1) is 15.4. The van der Waals surface area contributed by atoms with Gasteiger partial charge < -0.3 is 0 Å². The van der Waals surface area contributed by atoms with E-state index in [0.717, 1.165) is 24.3 Å². The molecule has 0 aromatic heterocycles. The SMILES string of the molecule is CC(C)(C)c1cccc2cc3c(cc12)C(=O)CCC31CC2=CCC1C2. The van der Waals surface area contributed by atoms with E-state index >= 15 is 0 Å². The molecule has 1 fully saturated rings. The number of rotatable bonds is 0. The topological polar surface area (TPSA) is 17.1 Å². The molecule has 2 aromatic carbocycles. The maximum absolute atomic E-state index is 12.8. The second-order valence-corrected chi connectivity index (χ2v) is 9.43. The molecule has 1 heteroatoms. The molecule has 0 aliphatic heterocycles. The van der Waals surface area contributed by atoms with Crippen LogP contribution in [0.3, 0.4) is 0 Å². The Bertz CT molecular complexity index is 940. The zero-order valence-corrected chi connectivity index (χ0v) is 15.5. The minimum Gasteiger partial charge on any atom is -0.294 e. The van der Waals surface area contributed by atoms with Crippen LogP contribution >= 0.6 is 0 Å². The molecule has 0 saturated heterocycles. The number of hydrogen-bond donors (Lipinski definition) is 0.